The predicted octanol–water partition coefficient (Wildman–Crippen LogP) is 3.12. The lowest BCUT2D eigenvalue weighted by molar-refractivity contribution is 0.390. The number of benzene rings is 2. The molecule has 0 atom stereocenters. The second-order valence-corrected chi connectivity index (χ2v) is 5.63. The molecule has 0 unspecified atom stereocenters. The molecule has 0 spiro atoms. The molecule has 0 heterocycles. The molecule has 0 aromatic heterocycles. The molecule has 0 aliphatic rings. The van der Waals surface area contributed by atoms with Gasteiger partial charge in [0, 0.05) is 5.02 Å². The molecule has 0 bridgehead atoms. The second-order valence-electron chi connectivity index (χ2n) is 3.65. The van der Waals surface area contributed by atoms with Gasteiger partial charge in [0.1, 0.15) is 4.90 Å². The lowest BCUT2D eigenvalue weighted by Gasteiger charge is -2.10. The maximum Gasteiger partial charge on any atom is 0.339 e. The lowest BCUT2D eigenvalue weighted by Crippen LogP contribution is -2.10. The van der Waals surface area contributed by atoms with Crippen LogP contribution in [-0.4, -0.2) is 15.5 Å². The van der Waals surface area contributed by atoms with Crippen molar-refractivity contribution in [1.82, 2.24) is 0 Å². The van der Waals surface area contributed by atoms with Gasteiger partial charge >= 0.3 is 10.1 Å². The molecule has 100 valence electrons. The summed E-state index contributed by atoms with van der Waals surface area (Å²) in [6.45, 7) is 0. The number of ether oxygens (including phenoxy) is 1. The van der Waals surface area contributed by atoms with Crippen molar-refractivity contribution in [3.63, 3.8) is 0 Å². The van der Waals surface area contributed by atoms with Crippen LogP contribution in [0.4, 0.5) is 0 Å². The van der Waals surface area contributed by atoms with Crippen LogP contribution in [0.15, 0.2) is 53.4 Å². The van der Waals surface area contributed by atoms with E-state index < -0.39 is 10.1 Å². The van der Waals surface area contributed by atoms with Gasteiger partial charge in [0.2, 0.25) is 0 Å². The third-order valence-electron chi connectivity index (χ3n) is 2.35. The largest absolute Gasteiger partial charge is 0.493 e. The van der Waals surface area contributed by atoms with E-state index >= 15 is 0 Å². The average molecular weight is 299 g/mol. The van der Waals surface area contributed by atoms with Gasteiger partial charge < -0.3 is 8.92 Å². The van der Waals surface area contributed by atoms with Gasteiger partial charge in [-0.3, -0.25) is 0 Å². The fourth-order valence-electron chi connectivity index (χ4n) is 1.48. The minimum Gasteiger partial charge on any atom is -0.493 e. The van der Waals surface area contributed by atoms with Crippen molar-refractivity contribution in [3.05, 3.63) is 53.6 Å². The number of hydrogen-bond donors (Lipinski definition) is 0. The third kappa shape index (κ3) is 3.19. The molecule has 0 aliphatic carbocycles. The van der Waals surface area contributed by atoms with Gasteiger partial charge in [-0.25, -0.2) is 0 Å². The van der Waals surface area contributed by atoms with Crippen LogP contribution in [0.2, 0.25) is 5.02 Å². The van der Waals surface area contributed by atoms with Gasteiger partial charge in [0.05, 0.1) is 7.11 Å². The molecule has 0 saturated heterocycles. The second kappa shape index (κ2) is 5.50. The molecule has 0 aliphatic heterocycles. The Kier molecular flexibility index (Phi) is 3.97. The number of para-hydroxylation sites is 2. The molecule has 0 saturated carbocycles. The van der Waals surface area contributed by atoms with E-state index in [-0.39, 0.29) is 10.6 Å². The van der Waals surface area contributed by atoms with Gasteiger partial charge in [0.15, 0.2) is 11.5 Å². The van der Waals surface area contributed by atoms with Crippen LogP contribution in [-0.2, 0) is 10.1 Å². The highest BCUT2D eigenvalue weighted by Crippen LogP contribution is 2.29. The molecule has 2 aromatic rings. The fraction of sp³-hybridized carbons (Fsp3) is 0.0769. The zero-order valence-corrected chi connectivity index (χ0v) is 11.6. The van der Waals surface area contributed by atoms with Crippen molar-refractivity contribution in [1.29, 1.82) is 0 Å². The first-order chi connectivity index (χ1) is 9.03. The zero-order valence-electron chi connectivity index (χ0n) is 10.0. The first-order valence-corrected chi connectivity index (χ1v) is 7.14. The van der Waals surface area contributed by atoms with Gasteiger partial charge in [-0.2, -0.15) is 8.42 Å². The summed E-state index contributed by atoms with van der Waals surface area (Å²) in [5.41, 5.74) is 0. The van der Waals surface area contributed by atoms with Crippen LogP contribution in [0.5, 0.6) is 11.5 Å². The quantitative estimate of drug-likeness (QED) is 0.814. The van der Waals surface area contributed by atoms with Gasteiger partial charge in [-0.05, 0) is 30.3 Å². The minimum atomic E-state index is -3.93. The van der Waals surface area contributed by atoms with E-state index in [1.54, 1.807) is 30.3 Å². The number of rotatable bonds is 4. The first kappa shape index (κ1) is 13.7. The molecule has 2 aromatic carbocycles. The normalized spacial score (nSPS) is 11.1. The summed E-state index contributed by atoms with van der Waals surface area (Å²) in [6.07, 6.45) is 0. The smallest absolute Gasteiger partial charge is 0.339 e. The van der Waals surface area contributed by atoms with Crippen molar-refractivity contribution in [2.75, 3.05) is 7.11 Å². The summed E-state index contributed by atoms with van der Waals surface area (Å²) < 4.78 is 34.3. The van der Waals surface area contributed by atoms with Crippen LogP contribution >= 0.6 is 11.6 Å². The monoisotopic (exact) mass is 298 g/mol. The highest BCUT2D eigenvalue weighted by molar-refractivity contribution is 7.87. The maximum absolute atomic E-state index is 12.1. The first-order valence-electron chi connectivity index (χ1n) is 5.36. The van der Waals surface area contributed by atoms with E-state index in [0.717, 1.165) is 0 Å². The van der Waals surface area contributed by atoms with E-state index in [0.29, 0.717) is 10.8 Å². The Morgan fingerprint density at radius 2 is 1.68 bits per heavy atom. The van der Waals surface area contributed by atoms with Gasteiger partial charge in [-0.15, -0.1) is 0 Å². The summed E-state index contributed by atoms with van der Waals surface area (Å²) in [6, 6.07) is 12.4. The molecule has 4 nitrogen and oxygen atoms in total. The Balaban J connectivity index is 2.37. The molecule has 2 rings (SSSR count). The van der Waals surface area contributed by atoms with Crippen molar-refractivity contribution in [2.24, 2.45) is 0 Å². The molecular weight excluding hydrogens is 288 g/mol. The van der Waals surface area contributed by atoms with E-state index in [2.05, 4.69) is 0 Å². The minimum absolute atomic E-state index is 0.00842. The molecule has 0 N–H and O–H groups in total. The summed E-state index contributed by atoms with van der Waals surface area (Å²) in [5.74, 6) is 0.470. The Labute approximate surface area is 116 Å². The zero-order chi connectivity index (χ0) is 13.9. The van der Waals surface area contributed by atoms with E-state index in [1.165, 1.54) is 25.3 Å². The van der Waals surface area contributed by atoms with Crippen LogP contribution in [0.1, 0.15) is 0 Å². The Hall–Kier alpha value is -1.72. The van der Waals surface area contributed by atoms with E-state index in [1.807, 2.05) is 0 Å². The highest BCUT2D eigenvalue weighted by atomic mass is 35.5. The standard InChI is InChI=1S/C13H11ClO4S/c1-17-12-7-2-3-8-13(12)18-19(15,16)11-6-4-5-10(14)9-11/h2-9H,1H3. The summed E-state index contributed by atoms with van der Waals surface area (Å²) in [4.78, 5) is -0.00842. The van der Waals surface area contributed by atoms with E-state index in [4.69, 9.17) is 20.5 Å². The molecule has 0 amide bonds. The van der Waals surface area contributed by atoms with Crippen molar-refractivity contribution >= 4 is 21.7 Å². The summed E-state index contributed by atoms with van der Waals surface area (Å²) >= 11 is 5.77. The molecular formula is C13H11ClO4S. The highest BCUT2D eigenvalue weighted by Gasteiger charge is 2.18. The number of hydrogen-bond acceptors (Lipinski definition) is 4. The topological polar surface area (TPSA) is 52.6 Å². The molecule has 0 fully saturated rings. The van der Waals surface area contributed by atoms with Crippen molar-refractivity contribution < 1.29 is 17.3 Å². The Bertz CT molecular complexity index is 683. The van der Waals surface area contributed by atoms with Gasteiger partial charge in [0.25, 0.3) is 0 Å². The summed E-state index contributed by atoms with van der Waals surface area (Å²) in [5, 5.41) is 0.324. The fourth-order valence-corrected chi connectivity index (χ4v) is 2.72. The van der Waals surface area contributed by atoms with Crippen LogP contribution < -0.4 is 8.92 Å². The van der Waals surface area contributed by atoms with Crippen LogP contribution in [0, 0.1) is 0 Å². The third-order valence-corrected chi connectivity index (χ3v) is 3.82. The van der Waals surface area contributed by atoms with Crippen LogP contribution in [0.3, 0.4) is 0 Å². The maximum atomic E-state index is 12.1. The average Bonchev–Trinajstić information content (AvgIpc) is 2.39. The molecule has 0 radical (unpaired) electrons. The Morgan fingerprint density at radius 3 is 2.32 bits per heavy atom. The van der Waals surface area contributed by atoms with Crippen molar-refractivity contribution in [3.8, 4) is 11.5 Å². The molecule has 6 heteroatoms. The van der Waals surface area contributed by atoms with Crippen molar-refractivity contribution in [2.45, 2.75) is 4.90 Å². The summed E-state index contributed by atoms with van der Waals surface area (Å²) in [7, 11) is -2.49. The lowest BCUT2D eigenvalue weighted by atomic mass is 10.3. The Morgan fingerprint density at radius 1 is 1.00 bits per heavy atom. The number of methoxy groups -OCH3 is 1. The van der Waals surface area contributed by atoms with Gasteiger partial charge in [-0.1, -0.05) is 29.8 Å². The van der Waals surface area contributed by atoms with Crippen LogP contribution in [0.25, 0.3) is 0 Å². The predicted molar refractivity (Wildman–Crippen MR) is 72.3 cm³/mol. The molecule has 19 heavy (non-hydrogen) atoms. The number of halogens is 1. The van der Waals surface area contributed by atoms with E-state index in [9.17, 15) is 8.42 Å². The SMILES string of the molecule is COc1ccccc1OS(=O)(=O)c1cccc(Cl)c1.